The summed E-state index contributed by atoms with van der Waals surface area (Å²) in [4.78, 5) is 3.24. The van der Waals surface area contributed by atoms with Gasteiger partial charge in [-0.05, 0) is 61.4 Å². The number of rotatable bonds is 6. The van der Waals surface area contributed by atoms with E-state index in [-0.39, 0.29) is 0 Å². The van der Waals surface area contributed by atoms with Gasteiger partial charge in [0, 0.05) is 22.1 Å². The summed E-state index contributed by atoms with van der Waals surface area (Å²) in [5.74, 6) is 0.665. The predicted molar refractivity (Wildman–Crippen MR) is 177 cm³/mol. The average Bonchev–Trinajstić information content (AvgIpc) is 3.39. The molecule has 210 valence electrons. The van der Waals surface area contributed by atoms with Gasteiger partial charge in [0.25, 0.3) is 0 Å². The molecule has 3 rings (SSSR count). The van der Waals surface area contributed by atoms with Gasteiger partial charge in [0.05, 0.1) is 0 Å². The van der Waals surface area contributed by atoms with Gasteiger partial charge in [0.2, 0.25) is 0 Å². The Balaban J connectivity index is -0.000000205. The summed E-state index contributed by atoms with van der Waals surface area (Å²) in [5, 5.41) is 2.16. The second kappa shape index (κ2) is 33.5. The van der Waals surface area contributed by atoms with E-state index < -0.39 is 0 Å². The molecule has 0 spiro atoms. The first-order valence-corrected chi connectivity index (χ1v) is 14.6. The molecule has 3 aromatic rings. The Kier molecular flexibility index (Phi) is 37.7. The third kappa shape index (κ3) is 22.4. The molecule has 0 radical (unpaired) electrons. The molecule has 37 heavy (non-hydrogen) atoms. The highest BCUT2D eigenvalue weighted by Gasteiger charge is 2.01. The zero-order valence-electron chi connectivity index (χ0n) is 26.0. The molecule has 0 bridgehead atoms. The molecule has 1 atom stereocenters. The fourth-order valence-electron chi connectivity index (χ4n) is 2.95. The molecule has 1 aromatic heterocycles. The molecular formula is C35H58ClN. The van der Waals surface area contributed by atoms with E-state index in [9.17, 15) is 0 Å². The van der Waals surface area contributed by atoms with Crippen LogP contribution in [0.5, 0.6) is 0 Å². The molecule has 0 saturated carbocycles. The average molecular weight is 528 g/mol. The highest BCUT2D eigenvalue weighted by molar-refractivity contribution is 6.30. The highest BCUT2D eigenvalue weighted by atomic mass is 35.5. The maximum Gasteiger partial charge on any atom is 0.0456 e. The van der Waals surface area contributed by atoms with Gasteiger partial charge in [-0.1, -0.05) is 142 Å². The van der Waals surface area contributed by atoms with Crippen molar-refractivity contribution < 1.29 is 0 Å². The van der Waals surface area contributed by atoms with Crippen LogP contribution in [-0.4, -0.2) is 4.98 Å². The Labute approximate surface area is 236 Å². The van der Waals surface area contributed by atoms with Crippen LogP contribution in [0.3, 0.4) is 0 Å². The standard InChI is InChI=1S/C12H15Cl.C10H11N.C5H8.4C2H6/c1-3-4-10(2)9-11-5-7-12(13)8-6-11;1-2-8-7-11-10-6-4-3-5-9(8)10;1-3-5-4-2;4*1-2/h3,5-8,10H,1,4,9H2,2H3;3-7,11H,2H2,1H3;3-5H,1H2,2H3;4*1-2H3/b;;5-4-;;;;. The van der Waals surface area contributed by atoms with Crippen LogP contribution in [-0.2, 0) is 12.8 Å². The lowest BCUT2D eigenvalue weighted by molar-refractivity contribution is 0.590. The van der Waals surface area contributed by atoms with Gasteiger partial charge < -0.3 is 4.98 Å². The van der Waals surface area contributed by atoms with Crippen molar-refractivity contribution in [2.75, 3.05) is 0 Å². The van der Waals surface area contributed by atoms with E-state index in [2.05, 4.69) is 74.6 Å². The lowest BCUT2D eigenvalue weighted by Gasteiger charge is -2.08. The molecule has 2 heteroatoms. The molecule has 2 aromatic carbocycles. The number of allylic oxidation sites excluding steroid dienone is 4. The Hall–Kier alpha value is -2.51. The van der Waals surface area contributed by atoms with Crippen LogP contribution in [0.2, 0.25) is 5.02 Å². The van der Waals surface area contributed by atoms with E-state index in [1.165, 1.54) is 22.0 Å². The summed E-state index contributed by atoms with van der Waals surface area (Å²) < 4.78 is 0. The predicted octanol–water partition coefficient (Wildman–Crippen LogP) is 12.7. The fourth-order valence-corrected chi connectivity index (χ4v) is 3.08. The van der Waals surface area contributed by atoms with Gasteiger partial charge in [-0.2, -0.15) is 0 Å². The van der Waals surface area contributed by atoms with Crippen molar-refractivity contribution >= 4 is 22.5 Å². The molecule has 1 heterocycles. The number of benzene rings is 2. The van der Waals surface area contributed by atoms with E-state index in [1.54, 1.807) is 6.08 Å². The first kappa shape index (κ1) is 41.6. The van der Waals surface area contributed by atoms with Crippen LogP contribution >= 0.6 is 11.6 Å². The third-order valence-electron chi connectivity index (χ3n) is 4.45. The van der Waals surface area contributed by atoms with Gasteiger partial charge in [-0.3, -0.25) is 0 Å². The molecule has 1 nitrogen and oxygen atoms in total. The zero-order chi connectivity index (χ0) is 29.5. The topological polar surface area (TPSA) is 15.8 Å². The second-order valence-corrected chi connectivity index (χ2v) is 7.37. The van der Waals surface area contributed by atoms with Gasteiger partial charge in [0.15, 0.2) is 0 Å². The van der Waals surface area contributed by atoms with Crippen molar-refractivity contribution in [3.63, 3.8) is 0 Å². The van der Waals surface area contributed by atoms with Crippen LogP contribution in [0, 0.1) is 5.92 Å². The summed E-state index contributed by atoms with van der Waals surface area (Å²) in [6, 6.07) is 16.5. The number of H-pyrrole nitrogens is 1. The molecule has 0 aliphatic carbocycles. The number of aryl methyl sites for hydroxylation is 1. The molecule has 1 unspecified atom stereocenters. The van der Waals surface area contributed by atoms with Gasteiger partial charge >= 0.3 is 0 Å². The molecule has 0 amide bonds. The van der Waals surface area contributed by atoms with E-state index in [4.69, 9.17) is 11.6 Å². The number of nitrogens with one attached hydrogen (secondary N) is 1. The third-order valence-corrected chi connectivity index (χ3v) is 4.70. The van der Waals surface area contributed by atoms with Crippen molar-refractivity contribution in [2.45, 2.75) is 95.4 Å². The van der Waals surface area contributed by atoms with E-state index in [0.717, 1.165) is 24.3 Å². The van der Waals surface area contributed by atoms with E-state index in [1.807, 2.05) is 92.7 Å². The molecular weight excluding hydrogens is 470 g/mol. The molecule has 1 N–H and O–H groups in total. The van der Waals surface area contributed by atoms with Gasteiger partial charge in [-0.15, -0.1) is 6.58 Å². The Morgan fingerprint density at radius 3 is 1.84 bits per heavy atom. The largest absolute Gasteiger partial charge is 0.361 e. The smallest absolute Gasteiger partial charge is 0.0456 e. The molecule has 0 aliphatic heterocycles. The lowest BCUT2D eigenvalue weighted by atomic mass is 9.98. The Morgan fingerprint density at radius 2 is 1.41 bits per heavy atom. The number of halogens is 1. The highest BCUT2D eigenvalue weighted by Crippen LogP contribution is 2.17. The number of hydrogen-bond acceptors (Lipinski definition) is 0. The minimum atomic E-state index is 0.665. The van der Waals surface area contributed by atoms with Crippen LogP contribution in [0.4, 0.5) is 0 Å². The maximum atomic E-state index is 5.79. The zero-order valence-corrected chi connectivity index (χ0v) is 26.8. The number of aromatic amines is 1. The minimum Gasteiger partial charge on any atom is -0.361 e. The SMILES string of the molecule is C=C/C=C\C.C=CCC(C)Cc1ccc(Cl)cc1.CC.CC.CC.CC.CCc1c[nH]c2ccccc12. The summed E-state index contributed by atoms with van der Waals surface area (Å²) in [7, 11) is 0. The Bertz CT molecular complexity index is 872. The summed E-state index contributed by atoms with van der Waals surface area (Å²) >= 11 is 5.79. The van der Waals surface area contributed by atoms with Crippen LogP contribution in [0.15, 0.2) is 92.2 Å². The second-order valence-electron chi connectivity index (χ2n) is 6.93. The number of fused-ring (bicyclic) bond motifs is 1. The minimum absolute atomic E-state index is 0.665. The van der Waals surface area contributed by atoms with Gasteiger partial charge in [-0.25, -0.2) is 0 Å². The quantitative estimate of drug-likeness (QED) is 0.242. The van der Waals surface area contributed by atoms with E-state index in [0.29, 0.717) is 5.92 Å². The Morgan fingerprint density at radius 1 is 0.865 bits per heavy atom. The van der Waals surface area contributed by atoms with Crippen LogP contribution in [0.1, 0.15) is 93.7 Å². The lowest BCUT2D eigenvalue weighted by Crippen LogP contribution is -1.97. The molecule has 0 aliphatic rings. The first-order valence-electron chi connectivity index (χ1n) is 14.2. The van der Waals surface area contributed by atoms with Crippen LogP contribution < -0.4 is 0 Å². The number of para-hydroxylation sites is 1. The molecule has 0 saturated heterocycles. The van der Waals surface area contributed by atoms with E-state index >= 15 is 0 Å². The summed E-state index contributed by atoms with van der Waals surface area (Å²) in [6.45, 7) is 29.6. The van der Waals surface area contributed by atoms with Crippen molar-refractivity contribution in [2.24, 2.45) is 5.92 Å². The first-order chi connectivity index (χ1) is 18.0. The van der Waals surface area contributed by atoms with Crippen LogP contribution in [0.25, 0.3) is 10.9 Å². The normalized spacial score (nSPS) is 9.41. The van der Waals surface area contributed by atoms with Gasteiger partial charge in [0.1, 0.15) is 0 Å². The van der Waals surface area contributed by atoms with Crippen molar-refractivity contribution in [1.82, 2.24) is 4.98 Å². The fraction of sp³-hybridized carbons (Fsp3) is 0.429. The maximum absolute atomic E-state index is 5.79. The monoisotopic (exact) mass is 527 g/mol. The summed E-state index contributed by atoms with van der Waals surface area (Å²) in [5.41, 5.74) is 3.99. The van der Waals surface area contributed by atoms with Crippen molar-refractivity contribution in [1.29, 1.82) is 0 Å². The van der Waals surface area contributed by atoms with Crippen molar-refractivity contribution in [3.8, 4) is 0 Å². The number of hydrogen-bond donors (Lipinski definition) is 1. The number of aromatic nitrogens is 1. The molecule has 0 fully saturated rings. The van der Waals surface area contributed by atoms with Crippen molar-refractivity contribution in [3.05, 3.63) is 108 Å². The summed E-state index contributed by atoms with van der Waals surface area (Å²) in [6.07, 6.45) is 12.9.